The lowest BCUT2D eigenvalue weighted by atomic mass is 10.1. The number of phenolic OH excluding ortho intramolecular Hbond substituents is 1. The van der Waals surface area contributed by atoms with Crippen molar-refractivity contribution >= 4 is 17.7 Å². The van der Waals surface area contributed by atoms with Gasteiger partial charge in [-0.15, -0.1) is 0 Å². The van der Waals surface area contributed by atoms with Crippen LogP contribution in [0.25, 0.3) is 0 Å². The van der Waals surface area contributed by atoms with Crippen LogP contribution in [0, 0.1) is 0 Å². The number of carbonyl (C=O) groups is 2. The predicted molar refractivity (Wildman–Crippen MR) is 108 cm³/mol. The highest BCUT2D eigenvalue weighted by Gasteiger charge is 2.11. The van der Waals surface area contributed by atoms with Gasteiger partial charge in [0.1, 0.15) is 12.4 Å². The van der Waals surface area contributed by atoms with E-state index in [2.05, 4.69) is 15.6 Å². The largest absolute Gasteiger partial charge is 0.506 e. The van der Waals surface area contributed by atoms with Crippen LogP contribution >= 0.6 is 0 Å². The van der Waals surface area contributed by atoms with Gasteiger partial charge in [0.2, 0.25) is 0 Å². The molecule has 0 aliphatic carbocycles. The third-order valence-corrected chi connectivity index (χ3v) is 4.26. The zero-order chi connectivity index (χ0) is 20.6. The molecule has 0 radical (unpaired) electrons. The molecule has 3 rings (SSSR count). The summed E-state index contributed by atoms with van der Waals surface area (Å²) < 4.78 is 5.23. The van der Waals surface area contributed by atoms with E-state index < -0.39 is 6.09 Å². The summed E-state index contributed by atoms with van der Waals surface area (Å²) in [5, 5.41) is 15.1. The summed E-state index contributed by atoms with van der Waals surface area (Å²) in [7, 11) is 0. The van der Waals surface area contributed by atoms with Gasteiger partial charge in [-0.1, -0.05) is 30.3 Å². The van der Waals surface area contributed by atoms with Gasteiger partial charge < -0.3 is 20.5 Å². The Balaban J connectivity index is 1.50. The first-order chi connectivity index (χ1) is 14.0. The number of rotatable bonds is 6. The molecule has 0 spiro atoms. The maximum atomic E-state index is 12.3. The normalized spacial score (nSPS) is 11.3. The van der Waals surface area contributed by atoms with Crippen LogP contribution in [0.4, 0.5) is 10.5 Å². The van der Waals surface area contributed by atoms with Crippen molar-refractivity contribution in [3.63, 3.8) is 0 Å². The number of phenols is 1. The summed E-state index contributed by atoms with van der Waals surface area (Å²) in [6.45, 7) is 1.92. The predicted octanol–water partition coefficient (Wildman–Crippen LogP) is 4.03. The second-order valence-electron chi connectivity index (χ2n) is 6.40. The number of para-hydroxylation sites is 2. The highest BCUT2D eigenvalue weighted by molar-refractivity contribution is 6.04. The number of ether oxygens (including phenoxy) is 1. The van der Waals surface area contributed by atoms with Crippen LogP contribution in [0.1, 0.15) is 34.5 Å². The lowest BCUT2D eigenvalue weighted by Crippen LogP contribution is -2.27. The minimum absolute atomic E-state index is 0.00241. The van der Waals surface area contributed by atoms with E-state index in [9.17, 15) is 14.7 Å². The molecule has 0 saturated heterocycles. The lowest BCUT2D eigenvalue weighted by Gasteiger charge is -2.14. The quantitative estimate of drug-likeness (QED) is 0.551. The monoisotopic (exact) mass is 391 g/mol. The zero-order valence-corrected chi connectivity index (χ0v) is 15.8. The number of carbonyl (C=O) groups excluding carboxylic acids is 2. The molecule has 1 atom stereocenters. The van der Waals surface area contributed by atoms with Gasteiger partial charge in [-0.25, -0.2) is 4.79 Å². The van der Waals surface area contributed by atoms with Gasteiger partial charge in [0.25, 0.3) is 5.91 Å². The summed E-state index contributed by atoms with van der Waals surface area (Å²) in [4.78, 5) is 28.3. The van der Waals surface area contributed by atoms with Crippen molar-refractivity contribution in [1.82, 2.24) is 10.3 Å². The smallest absolute Gasteiger partial charge is 0.407 e. The number of aromatic hydroxyl groups is 1. The van der Waals surface area contributed by atoms with Gasteiger partial charge in [-0.3, -0.25) is 9.78 Å². The molecule has 2 amide bonds. The zero-order valence-electron chi connectivity index (χ0n) is 15.8. The van der Waals surface area contributed by atoms with Crippen molar-refractivity contribution in [1.29, 1.82) is 0 Å². The molecule has 0 aliphatic heterocycles. The van der Waals surface area contributed by atoms with Crippen molar-refractivity contribution in [2.75, 3.05) is 5.32 Å². The van der Waals surface area contributed by atoms with E-state index in [0.29, 0.717) is 11.3 Å². The molecule has 29 heavy (non-hydrogen) atoms. The number of hydrogen-bond donors (Lipinski definition) is 3. The van der Waals surface area contributed by atoms with Crippen molar-refractivity contribution in [2.24, 2.45) is 0 Å². The first kappa shape index (κ1) is 19.9. The number of nitrogens with zero attached hydrogens (tertiary/aromatic N) is 1. The van der Waals surface area contributed by atoms with Crippen LogP contribution in [0.15, 0.2) is 73.1 Å². The van der Waals surface area contributed by atoms with Crippen LogP contribution < -0.4 is 10.6 Å². The summed E-state index contributed by atoms with van der Waals surface area (Å²) in [5.74, 6) is -0.348. The maximum Gasteiger partial charge on any atom is 0.407 e. The average Bonchev–Trinajstić information content (AvgIpc) is 2.75. The Bertz CT molecular complexity index is 975. The Morgan fingerprint density at radius 3 is 2.52 bits per heavy atom. The van der Waals surface area contributed by atoms with Gasteiger partial charge in [0.05, 0.1) is 11.7 Å². The van der Waals surface area contributed by atoms with E-state index in [-0.39, 0.29) is 24.3 Å². The number of amides is 2. The fraction of sp³-hybridized carbons (Fsp3) is 0.136. The standard InChI is InChI=1S/C22H21N3O4/c1-15(18-5-4-12-23-13-18)24-22(28)29-14-16-8-10-17(11-9-16)21(27)25-19-6-2-3-7-20(19)26/h2-13,15,26H,14H2,1H3,(H,24,28)(H,25,27)/t15-/m0/s1. The van der Waals surface area contributed by atoms with E-state index >= 15 is 0 Å². The second-order valence-corrected chi connectivity index (χ2v) is 6.40. The third kappa shape index (κ3) is 5.55. The van der Waals surface area contributed by atoms with Gasteiger partial charge >= 0.3 is 6.09 Å². The fourth-order valence-corrected chi connectivity index (χ4v) is 2.61. The third-order valence-electron chi connectivity index (χ3n) is 4.26. The van der Waals surface area contributed by atoms with Crippen LogP contribution in [0.5, 0.6) is 5.75 Å². The van der Waals surface area contributed by atoms with Crippen molar-refractivity contribution < 1.29 is 19.4 Å². The van der Waals surface area contributed by atoms with Crippen molar-refractivity contribution in [3.05, 3.63) is 89.7 Å². The van der Waals surface area contributed by atoms with Crippen molar-refractivity contribution in [3.8, 4) is 5.75 Å². The Kier molecular flexibility index (Phi) is 6.42. The number of anilines is 1. The maximum absolute atomic E-state index is 12.3. The molecule has 3 aromatic rings. The van der Waals surface area contributed by atoms with E-state index in [1.807, 2.05) is 13.0 Å². The number of nitrogens with one attached hydrogen (secondary N) is 2. The molecule has 1 aromatic heterocycles. The Labute approximate surface area is 168 Å². The van der Waals surface area contributed by atoms with Crippen LogP contribution in [-0.2, 0) is 11.3 Å². The molecule has 0 saturated carbocycles. The van der Waals surface area contributed by atoms with Gasteiger partial charge in [0.15, 0.2) is 0 Å². The summed E-state index contributed by atoms with van der Waals surface area (Å²) >= 11 is 0. The molecule has 1 heterocycles. The van der Waals surface area contributed by atoms with Crippen LogP contribution in [-0.4, -0.2) is 22.1 Å². The van der Waals surface area contributed by atoms with Crippen molar-refractivity contribution in [2.45, 2.75) is 19.6 Å². The Morgan fingerprint density at radius 1 is 1.07 bits per heavy atom. The van der Waals surface area contributed by atoms with Crippen LogP contribution in [0.3, 0.4) is 0 Å². The summed E-state index contributed by atoms with van der Waals surface area (Å²) in [5.41, 5.74) is 2.38. The number of aromatic nitrogens is 1. The van der Waals surface area contributed by atoms with Crippen LogP contribution in [0.2, 0.25) is 0 Å². The highest BCUT2D eigenvalue weighted by Crippen LogP contribution is 2.22. The first-order valence-electron chi connectivity index (χ1n) is 9.04. The lowest BCUT2D eigenvalue weighted by molar-refractivity contribution is 0.102. The molecule has 2 aromatic carbocycles. The van der Waals surface area contributed by atoms with E-state index in [0.717, 1.165) is 11.1 Å². The second kappa shape index (κ2) is 9.36. The topological polar surface area (TPSA) is 101 Å². The first-order valence-corrected chi connectivity index (χ1v) is 9.04. The number of benzene rings is 2. The Morgan fingerprint density at radius 2 is 1.83 bits per heavy atom. The molecule has 7 nitrogen and oxygen atoms in total. The highest BCUT2D eigenvalue weighted by atomic mass is 16.5. The summed E-state index contributed by atoms with van der Waals surface area (Å²) in [6, 6.07) is 16.6. The number of pyridine rings is 1. The van der Waals surface area contributed by atoms with E-state index in [1.54, 1.807) is 60.9 Å². The van der Waals surface area contributed by atoms with E-state index in [4.69, 9.17) is 4.74 Å². The number of hydrogen-bond acceptors (Lipinski definition) is 5. The Hall–Kier alpha value is -3.87. The molecular formula is C22H21N3O4. The van der Waals surface area contributed by atoms with Gasteiger partial charge in [-0.2, -0.15) is 0 Å². The SMILES string of the molecule is C[C@H](NC(=O)OCc1ccc(C(=O)Nc2ccccc2O)cc1)c1cccnc1. The fourth-order valence-electron chi connectivity index (χ4n) is 2.61. The molecule has 0 bridgehead atoms. The van der Waals surface area contributed by atoms with E-state index in [1.165, 1.54) is 6.07 Å². The average molecular weight is 391 g/mol. The molecule has 0 aliphatic rings. The van der Waals surface area contributed by atoms with Gasteiger partial charge in [-0.05, 0) is 48.4 Å². The minimum Gasteiger partial charge on any atom is -0.506 e. The molecule has 0 unspecified atom stereocenters. The van der Waals surface area contributed by atoms with Gasteiger partial charge in [0, 0.05) is 18.0 Å². The molecule has 148 valence electrons. The molecule has 3 N–H and O–H groups in total. The molecule has 7 heteroatoms. The minimum atomic E-state index is -0.539. The summed E-state index contributed by atoms with van der Waals surface area (Å²) in [6.07, 6.45) is 2.81. The molecular weight excluding hydrogens is 370 g/mol. The molecule has 0 fully saturated rings. The number of alkyl carbamates (subject to hydrolysis) is 1.